The highest BCUT2D eigenvalue weighted by Gasteiger charge is 2.11. The molecule has 0 spiro atoms. The monoisotopic (exact) mass is 368 g/mol. The number of ether oxygens (including phenoxy) is 1. The van der Waals surface area contributed by atoms with Crippen molar-refractivity contribution in [1.29, 1.82) is 0 Å². The third kappa shape index (κ3) is 4.87. The van der Waals surface area contributed by atoms with Gasteiger partial charge < -0.3 is 10.5 Å². The molecule has 0 fully saturated rings. The molecule has 0 aliphatic carbocycles. The molecule has 0 saturated heterocycles. The first-order valence-corrected chi connectivity index (χ1v) is 8.64. The molecule has 0 unspecified atom stereocenters. The quantitative estimate of drug-likeness (QED) is 0.666. The first-order chi connectivity index (χ1) is 12.6. The third-order valence-corrected chi connectivity index (χ3v) is 4.16. The van der Waals surface area contributed by atoms with Crippen molar-refractivity contribution in [3.8, 4) is 5.75 Å². The Balaban J connectivity index is 1.62. The Hall–Kier alpha value is -3.26. The van der Waals surface area contributed by atoms with E-state index in [1.165, 1.54) is 11.3 Å². The molecule has 26 heavy (non-hydrogen) atoms. The zero-order chi connectivity index (χ0) is 18.4. The average molecular weight is 368 g/mol. The molecule has 0 aliphatic heterocycles. The lowest BCUT2D eigenvalue weighted by Gasteiger charge is -2.08. The van der Waals surface area contributed by atoms with Crippen molar-refractivity contribution in [1.82, 2.24) is 9.97 Å². The lowest BCUT2D eigenvalue weighted by molar-refractivity contribution is -0.117. The van der Waals surface area contributed by atoms with Crippen molar-refractivity contribution in [3.05, 3.63) is 71.0 Å². The molecule has 2 amide bonds. The number of hydrogen-bond acceptors (Lipinski definition) is 6. The van der Waals surface area contributed by atoms with Crippen LogP contribution in [-0.2, 0) is 17.8 Å². The Morgan fingerprint density at radius 1 is 1.23 bits per heavy atom. The summed E-state index contributed by atoms with van der Waals surface area (Å²) in [6.07, 6.45) is 3.47. The summed E-state index contributed by atoms with van der Waals surface area (Å²) < 4.78 is 5.70. The summed E-state index contributed by atoms with van der Waals surface area (Å²) in [6.45, 7) is 0.363. The summed E-state index contributed by atoms with van der Waals surface area (Å²) in [5, 5.41) is 4.80. The van der Waals surface area contributed by atoms with E-state index in [4.69, 9.17) is 10.5 Å². The van der Waals surface area contributed by atoms with E-state index < -0.39 is 5.91 Å². The maximum atomic E-state index is 12.4. The Kier molecular flexibility index (Phi) is 5.55. The Morgan fingerprint density at radius 2 is 2.12 bits per heavy atom. The summed E-state index contributed by atoms with van der Waals surface area (Å²) >= 11 is 1.24. The van der Waals surface area contributed by atoms with E-state index in [1.54, 1.807) is 42.0 Å². The first kappa shape index (κ1) is 17.6. The molecule has 2 heterocycles. The van der Waals surface area contributed by atoms with E-state index in [-0.39, 0.29) is 12.3 Å². The molecule has 2 aromatic heterocycles. The molecule has 1 aromatic carbocycles. The Bertz CT molecular complexity index is 912. The van der Waals surface area contributed by atoms with Gasteiger partial charge in [-0.2, -0.15) is 0 Å². The maximum absolute atomic E-state index is 12.4. The number of hydrogen-bond donors (Lipinski definition) is 2. The fourth-order valence-corrected chi connectivity index (χ4v) is 2.88. The summed E-state index contributed by atoms with van der Waals surface area (Å²) in [7, 11) is 0. The van der Waals surface area contributed by atoms with Crippen molar-refractivity contribution in [2.75, 3.05) is 5.32 Å². The van der Waals surface area contributed by atoms with Crippen molar-refractivity contribution in [3.63, 3.8) is 0 Å². The van der Waals surface area contributed by atoms with Gasteiger partial charge in [0.15, 0.2) is 5.13 Å². The molecule has 3 aromatic rings. The van der Waals surface area contributed by atoms with Crippen molar-refractivity contribution >= 4 is 28.3 Å². The van der Waals surface area contributed by atoms with Crippen LogP contribution in [-0.4, -0.2) is 21.8 Å². The third-order valence-electron chi connectivity index (χ3n) is 3.35. The number of carbonyl (C=O) groups excluding carboxylic acids is 2. The Morgan fingerprint density at radius 3 is 2.88 bits per heavy atom. The van der Waals surface area contributed by atoms with Crippen LogP contribution in [0.15, 0.2) is 54.2 Å². The second kappa shape index (κ2) is 8.21. The number of primary amides is 1. The van der Waals surface area contributed by atoms with Crippen LogP contribution in [0.3, 0.4) is 0 Å². The van der Waals surface area contributed by atoms with Gasteiger partial charge >= 0.3 is 0 Å². The normalized spacial score (nSPS) is 10.3. The van der Waals surface area contributed by atoms with E-state index in [0.717, 1.165) is 5.56 Å². The zero-order valence-corrected chi connectivity index (χ0v) is 14.5. The lowest BCUT2D eigenvalue weighted by Crippen LogP contribution is -2.14. The van der Waals surface area contributed by atoms with E-state index in [2.05, 4.69) is 15.3 Å². The minimum Gasteiger partial charge on any atom is -0.489 e. The average Bonchev–Trinajstić information content (AvgIpc) is 3.07. The second-order valence-electron chi connectivity index (χ2n) is 5.42. The minimum absolute atomic E-state index is 0.0457. The lowest BCUT2D eigenvalue weighted by atomic mass is 10.2. The van der Waals surface area contributed by atoms with Crippen LogP contribution in [0.25, 0.3) is 0 Å². The molecule has 0 bridgehead atoms. The summed E-state index contributed by atoms with van der Waals surface area (Å²) in [5.41, 5.74) is 7.05. The van der Waals surface area contributed by atoms with Crippen LogP contribution in [0.1, 0.15) is 21.6 Å². The van der Waals surface area contributed by atoms with Crippen molar-refractivity contribution < 1.29 is 14.3 Å². The van der Waals surface area contributed by atoms with E-state index in [0.29, 0.717) is 28.7 Å². The molecule has 132 valence electrons. The standard InChI is InChI=1S/C18H16N4O3S/c19-16(23)8-14-11-26-18(21-14)22-17(24)13-4-1-5-15(7-13)25-10-12-3-2-6-20-9-12/h1-7,9,11H,8,10H2,(H2,19,23)(H,21,22,24). The number of anilines is 1. The maximum Gasteiger partial charge on any atom is 0.257 e. The van der Waals surface area contributed by atoms with Gasteiger partial charge in [0.25, 0.3) is 5.91 Å². The molecular formula is C18H16N4O3S. The summed E-state index contributed by atoms with van der Waals surface area (Å²) in [6, 6.07) is 10.6. The number of nitrogens with one attached hydrogen (secondary N) is 1. The molecule has 0 radical (unpaired) electrons. The number of amides is 2. The number of carbonyl (C=O) groups is 2. The van der Waals surface area contributed by atoms with Gasteiger partial charge in [-0.05, 0) is 24.3 Å². The smallest absolute Gasteiger partial charge is 0.257 e. The summed E-state index contributed by atoms with van der Waals surface area (Å²) in [4.78, 5) is 31.5. The van der Waals surface area contributed by atoms with Crippen molar-refractivity contribution in [2.45, 2.75) is 13.0 Å². The van der Waals surface area contributed by atoms with Gasteiger partial charge in [0.05, 0.1) is 12.1 Å². The molecular weight excluding hydrogens is 352 g/mol. The minimum atomic E-state index is -0.466. The van der Waals surface area contributed by atoms with Gasteiger partial charge in [0, 0.05) is 28.9 Å². The number of nitrogens with two attached hydrogens (primary N) is 1. The zero-order valence-electron chi connectivity index (χ0n) is 13.7. The Labute approximate surface area is 153 Å². The first-order valence-electron chi connectivity index (χ1n) is 7.76. The number of aromatic nitrogens is 2. The number of benzene rings is 1. The highest BCUT2D eigenvalue weighted by Crippen LogP contribution is 2.19. The number of pyridine rings is 1. The fourth-order valence-electron chi connectivity index (χ4n) is 2.17. The number of rotatable bonds is 7. The fraction of sp³-hybridized carbons (Fsp3) is 0.111. The molecule has 8 heteroatoms. The SMILES string of the molecule is NC(=O)Cc1csc(NC(=O)c2cccc(OCc3cccnc3)c2)n1. The van der Waals surface area contributed by atoms with E-state index in [1.807, 2.05) is 12.1 Å². The van der Waals surface area contributed by atoms with Crippen LogP contribution in [0.5, 0.6) is 5.75 Å². The largest absolute Gasteiger partial charge is 0.489 e. The molecule has 0 aliphatic rings. The molecule has 3 rings (SSSR count). The number of thiazole rings is 1. The molecule has 0 atom stereocenters. The highest BCUT2D eigenvalue weighted by atomic mass is 32.1. The van der Waals surface area contributed by atoms with Gasteiger partial charge in [0.2, 0.25) is 5.91 Å². The van der Waals surface area contributed by atoms with Gasteiger partial charge in [-0.1, -0.05) is 12.1 Å². The van der Waals surface area contributed by atoms with E-state index >= 15 is 0 Å². The molecule has 3 N–H and O–H groups in total. The van der Waals surface area contributed by atoms with Crippen LogP contribution in [0.4, 0.5) is 5.13 Å². The predicted molar refractivity (Wildman–Crippen MR) is 98.0 cm³/mol. The van der Waals surface area contributed by atoms with E-state index in [9.17, 15) is 9.59 Å². The second-order valence-corrected chi connectivity index (χ2v) is 6.28. The van der Waals surface area contributed by atoms with Gasteiger partial charge in [-0.3, -0.25) is 19.9 Å². The van der Waals surface area contributed by atoms with Gasteiger partial charge in [-0.25, -0.2) is 4.98 Å². The van der Waals surface area contributed by atoms with Crippen LogP contribution in [0.2, 0.25) is 0 Å². The van der Waals surface area contributed by atoms with Crippen LogP contribution < -0.4 is 15.8 Å². The molecule has 0 saturated carbocycles. The molecule has 7 nitrogen and oxygen atoms in total. The topological polar surface area (TPSA) is 107 Å². The highest BCUT2D eigenvalue weighted by molar-refractivity contribution is 7.14. The van der Waals surface area contributed by atoms with Crippen LogP contribution >= 0.6 is 11.3 Å². The van der Waals surface area contributed by atoms with Gasteiger partial charge in [0.1, 0.15) is 12.4 Å². The van der Waals surface area contributed by atoms with Crippen molar-refractivity contribution in [2.24, 2.45) is 5.73 Å². The van der Waals surface area contributed by atoms with Crippen LogP contribution in [0, 0.1) is 0 Å². The van der Waals surface area contributed by atoms with Gasteiger partial charge in [-0.15, -0.1) is 11.3 Å². The predicted octanol–water partition coefficient (Wildman–Crippen LogP) is 2.40. The summed E-state index contributed by atoms with van der Waals surface area (Å²) in [5.74, 6) is -0.196. The number of nitrogens with zero attached hydrogens (tertiary/aromatic N) is 2.